The smallest absolute Gasteiger partial charge is 0.408 e. The van der Waals surface area contributed by atoms with Crippen LogP contribution in [0.5, 0.6) is 0 Å². The molecule has 0 aliphatic heterocycles. The molecule has 0 radical (unpaired) electrons. The molecular weight excluding hydrogens is 382 g/mol. The number of hydrogen-bond donors (Lipinski definition) is 3. The van der Waals surface area contributed by atoms with Crippen LogP contribution in [0.3, 0.4) is 0 Å². The highest BCUT2D eigenvalue weighted by Gasteiger charge is 2.22. The third-order valence-corrected chi connectivity index (χ3v) is 4.08. The highest BCUT2D eigenvalue weighted by atomic mass is 16.6. The Hall–Kier alpha value is -3.68. The Kier molecular flexibility index (Phi) is 6.15. The molecule has 0 fully saturated rings. The number of alkyl carbamates (subject to hydrolysis) is 1. The molecule has 1 heterocycles. The first-order valence-electron chi connectivity index (χ1n) is 9.60. The van der Waals surface area contributed by atoms with Gasteiger partial charge in [-0.1, -0.05) is 42.5 Å². The summed E-state index contributed by atoms with van der Waals surface area (Å²) in [6, 6.07) is 16.1. The molecule has 3 aromatic rings. The highest BCUT2D eigenvalue weighted by molar-refractivity contribution is 5.99. The van der Waals surface area contributed by atoms with E-state index >= 15 is 0 Å². The van der Waals surface area contributed by atoms with Crippen LogP contribution in [-0.2, 0) is 9.53 Å². The van der Waals surface area contributed by atoms with Gasteiger partial charge in [0.15, 0.2) is 11.6 Å². The van der Waals surface area contributed by atoms with E-state index in [-0.39, 0.29) is 5.91 Å². The van der Waals surface area contributed by atoms with Crippen LogP contribution in [0, 0.1) is 0 Å². The second-order valence-electron chi connectivity index (χ2n) is 7.78. The number of anilines is 1. The third kappa shape index (κ3) is 5.44. The number of rotatable bonds is 5. The fraction of sp³-hybridized carbons (Fsp3) is 0.273. The molecule has 0 saturated heterocycles. The van der Waals surface area contributed by atoms with E-state index in [2.05, 4.69) is 25.8 Å². The number of H-pyrrole nitrogens is 1. The molecule has 0 bridgehead atoms. The molecule has 0 aliphatic carbocycles. The minimum atomic E-state index is -0.789. The molecule has 1 aromatic heterocycles. The topological polar surface area (TPSA) is 109 Å². The van der Waals surface area contributed by atoms with Gasteiger partial charge in [0, 0.05) is 11.1 Å². The maximum atomic E-state index is 12.6. The number of hydrogen-bond acceptors (Lipinski definition) is 5. The van der Waals surface area contributed by atoms with Crippen LogP contribution >= 0.6 is 0 Å². The number of aromatic nitrogens is 3. The van der Waals surface area contributed by atoms with E-state index in [1.165, 1.54) is 0 Å². The molecular formula is C22H25N5O3. The zero-order chi connectivity index (χ0) is 21.7. The summed E-state index contributed by atoms with van der Waals surface area (Å²) in [5.74, 6) is 0.709. The van der Waals surface area contributed by atoms with Gasteiger partial charge in [0.25, 0.3) is 0 Å². The largest absolute Gasteiger partial charge is 0.444 e. The van der Waals surface area contributed by atoms with E-state index in [1.54, 1.807) is 39.8 Å². The predicted molar refractivity (Wildman–Crippen MR) is 115 cm³/mol. The Morgan fingerprint density at radius 1 is 1.03 bits per heavy atom. The number of carbonyl (C=O) groups is 2. The zero-order valence-electron chi connectivity index (χ0n) is 17.4. The van der Waals surface area contributed by atoms with Gasteiger partial charge in [-0.15, -0.1) is 0 Å². The molecule has 156 valence electrons. The minimum absolute atomic E-state index is 0.379. The molecule has 3 rings (SSSR count). The number of aromatic amines is 1. The summed E-state index contributed by atoms with van der Waals surface area (Å²) in [6.45, 7) is 6.86. The molecule has 8 heteroatoms. The quantitative estimate of drug-likeness (QED) is 0.592. The van der Waals surface area contributed by atoms with Crippen LogP contribution in [0.1, 0.15) is 27.7 Å². The number of benzene rings is 2. The molecule has 1 atom stereocenters. The maximum absolute atomic E-state index is 12.6. The van der Waals surface area contributed by atoms with Crippen molar-refractivity contribution in [2.75, 3.05) is 5.32 Å². The fourth-order valence-electron chi connectivity index (χ4n) is 2.69. The first kappa shape index (κ1) is 21.0. The van der Waals surface area contributed by atoms with Crippen molar-refractivity contribution in [1.29, 1.82) is 0 Å². The Bertz CT molecular complexity index is 1020. The normalized spacial score (nSPS) is 12.1. The predicted octanol–water partition coefficient (Wildman–Crippen LogP) is 3.99. The van der Waals surface area contributed by atoms with E-state index in [1.807, 2.05) is 42.5 Å². The van der Waals surface area contributed by atoms with Gasteiger partial charge in [-0.3, -0.25) is 9.89 Å². The summed E-state index contributed by atoms with van der Waals surface area (Å²) in [5.41, 5.74) is 1.48. The zero-order valence-corrected chi connectivity index (χ0v) is 17.4. The summed E-state index contributed by atoms with van der Waals surface area (Å²) < 4.78 is 5.19. The Morgan fingerprint density at radius 3 is 2.40 bits per heavy atom. The number of nitrogens with one attached hydrogen (secondary N) is 3. The molecule has 0 saturated carbocycles. The van der Waals surface area contributed by atoms with Crippen LogP contribution in [0.25, 0.3) is 22.8 Å². The van der Waals surface area contributed by atoms with Crippen molar-refractivity contribution in [2.45, 2.75) is 39.3 Å². The van der Waals surface area contributed by atoms with Crippen LogP contribution in [0.15, 0.2) is 54.6 Å². The van der Waals surface area contributed by atoms with Crippen molar-refractivity contribution in [3.8, 4) is 22.8 Å². The molecule has 0 aliphatic rings. The van der Waals surface area contributed by atoms with Crippen LogP contribution in [0.4, 0.5) is 10.5 Å². The molecule has 1 unspecified atom stereocenters. The van der Waals surface area contributed by atoms with E-state index in [0.29, 0.717) is 22.9 Å². The minimum Gasteiger partial charge on any atom is -0.444 e. The van der Waals surface area contributed by atoms with Gasteiger partial charge in [-0.05, 0) is 39.8 Å². The molecule has 2 amide bonds. The van der Waals surface area contributed by atoms with E-state index in [0.717, 1.165) is 5.56 Å². The van der Waals surface area contributed by atoms with Crippen molar-refractivity contribution in [1.82, 2.24) is 20.5 Å². The van der Waals surface area contributed by atoms with E-state index in [4.69, 9.17) is 4.74 Å². The number of carbonyl (C=O) groups excluding carboxylic acids is 2. The lowest BCUT2D eigenvalue weighted by Gasteiger charge is -2.21. The summed E-state index contributed by atoms with van der Waals surface area (Å²) >= 11 is 0. The van der Waals surface area contributed by atoms with Crippen LogP contribution < -0.4 is 10.6 Å². The van der Waals surface area contributed by atoms with Crippen molar-refractivity contribution >= 4 is 17.7 Å². The molecule has 8 nitrogen and oxygen atoms in total. The Balaban J connectivity index is 1.74. The second-order valence-corrected chi connectivity index (χ2v) is 7.78. The molecule has 0 spiro atoms. The SMILES string of the molecule is CC(NC(=O)OC(C)(C)C)C(=O)Nc1ccccc1-c1nc(-c2ccccc2)n[nH]1. The van der Waals surface area contributed by atoms with Gasteiger partial charge in [-0.25, -0.2) is 9.78 Å². The van der Waals surface area contributed by atoms with Crippen molar-refractivity contribution in [2.24, 2.45) is 0 Å². The van der Waals surface area contributed by atoms with E-state index < -0.39 is 17.7 Å². The molecule has 3 N–H and O–H groups in total. The highest BCUT2D eigenvalue weighted by Crippen LogP contribution is 2.26. The standard InChI is InChI=1S/C22H25N5O3/c1-14(23-21(29)30-22(2,3)4)20(28)24-17-13-9-8-12-16(17)19-25-18(26-27-19)15-10-6-5-7-11-15/h5-14H,1-4H3,(H,23,29)(H,24,28)(H,25,26,27). The average Bonchev–Trinajstić information content (AvgIpc) is 3.17. The number of ether oxygens (including phenoxy) is 1. The monoisotopic (exact) mass is 407 g/mol. The first-order valence-corrected chi connectivity index (χ1v) is 9.60. The van der Waals surface area contributed by atoms with Gasteiger partial charge in [0.1, 0.15) is 11.6 Å². The summed E-state index contributed by atoms with van der Waals surface area (Å²) in [4.78, 5) is 29.1. The Labute approximate surface area is 175 Å². The lowest BCUT2D eigenvalue weighted by atomic mass is 10.1. The third-order valence-electron chi connectivity index (χ3n) is 4.08. The lowest BCUT2D eigenvalue weighted by molar-refractivity contribution is -0.117. The second kappa shape index (κ2) is 8.77. The van der Waals surface area contributed by atoms with Gasteiger partial charge in [0.2, 0.25) is 5.91 Å². The molecule has 30 heavy (non-hydrogen) atoms. The number of nitrogens with zero attached hydrogens (tertiary/aromatic N) is 2. The fourth-order valence-corrected chi connectivity index (χ4v) is 2.69. The number of amides is 2. The summed E-state index contributed by atoms with van der Waals surface area (Å²) in [6.07, 6.45) is -0.652. The Morgan fingerprint density at radius 2 is 1.70 bits per heavy atom. The van der Waals surface area contributed by atoms with Crippen molar-refractivity contribution in [3.05, 3.63) is 54.6 Å². The first-order chi connectivity index (χ1) is 14.2. The van der Waals surface area contributed by atoms with Gasteiger partial charge < -0.3 is 15.4 Å². The summed E-state index contributed by atoms with van der Waals surface area (Å²) in [5, 5.41) is 12.5. The van der Waals surface area contributed by atoms with Gasteiger partial charge in [0.05, 0.1) is 5.69 Å². The lowest BCUT2D eigenvalue weighted by Crippen LogP contribution is -2.44. The number of para-hydroxylation sites is 1. The summed E-state index contributed by atoms with van der Waals surface area (Å²) in [7, 11) is 0. The van der Waals surface area contributed by atoms with Crippen molar-refractivity contribution < 1.29 is 14.3 Å². The van der Waals surface area contributed by atoms with Crippen LogP contribution in [-0.4, -0.2) is 38.8 Å². The molecule has 2 aromatic carbocycles. The van der Waals surface area contributed by atoms with E-state index in [9.17, 15) is 9.59 Å². The van der Waals surface area contributed by atoms with Gasteiger partial charge in [-0.2, -0.15) is 5.10 Å². The maximum Gasteiger partial charge on any atom is 0.408 e. The van der Waals surface area contributed by atoms with Crippen molar-refractivity contribution in [3.63, 3.8) is 0 Å². The average molecular weight is 407 g/mol. The van der Waals surface area contributed by atoms with Crippen LogP contribution in [0.2, 0.25) is 0 Å². The van der Waals surface area contributed by atoms with Gasteiger partial charge >= 0.3 is 6.09 Å².